The normalized spacial score (nSPS) is 26.2. The Morgan fingerprint density at radius 2 is 1.93 bits per heavy atom. The molecular formula is C31H36F2N4O3. The van der Waals surface area contributed by atoms with Gasteiger partial charge in [-0.05, 0) is 51.3 Å². The van der Waals surface area contributed by atoms with E-state index >= 15 is 0 Å². The number of ether oxygens (including phenoxy) is 1. The molecule has 4 atom stereocenters. The van der Waals surface area contributed by atoms with Gasteiger partial charge in [0.05, 0.1) is 17.3 Å². The van der Waals surface area contributed by atoms with Crippen LogP contribution in [0.25, 0.3) is 17.2 Å². The molecule has 3 aliphatic rings. The second kappa shape index (κ2) is 12.5. The summed E-state index contributed by atoms with van der Waals surface area (Å²) in [6.45, 7) is 8.31. The van der Waals surface area contributed by atoms with E-state index in [1.165, 1.54) is 20.3 Å². The van der Waals surface area contributed by atoms with E-state index in [4.69, 9.17) is 21.1 Å². The largest absolute Gasteiger partial charge is 0.462 e. The van der Waals surface area contributed by atoms with Crippen LogP contribution in [0.5, 0.6) is 0 Å². The molecule has 0 bridgehead atoms. The minimum absolute atomic E-state index is 0.00317. The number of nitrogens with one attached hydrogen (secondary N) is 1. The average Bonchev–Trinajstić information content (AvgIpc) is 3.12. The van der Waals surface area contributed by atoms with Gasteiger partial charge in [0.25, 0.3) is 5.92 Å². The third-order valence-electron chi connectivity index (χ3n) is 8.23. The smallest absolute Gasteiger partial charge is 0.318 e. The number of benzene rings is 1. The van der Waals surface area contributed by atoms with E-state index < -0.39 is 29.6 Å². The lowest BCUT2D eigenvalue weighted by molar-refractivity contribution is -0.155. The Hall–Kier alpha value is -3.93. The van der Waals surface area contributed by atoms with Gasteiger partial charge in [-0.1, -0.05) is 44.2 Å². The molecule has 7 nitrogen and oxygen atoms in total. The van der Waals surface area contributed by atoms with Gasteiger partial charge in [-0.25, -0.2) is 8.78 Å². The van der Waals surface area contributed by atoms with Gasteiger partial charge in [-0.3, -0.25) is 14.6 Å². The molecule has 40 heavy (non-hydrogen) atoms. The van der Waals surface area contributed by atoms with Gasteiger partial charge in [0, 0.05) is 47.2 Å². The standard InChI is InChI=1S/C14H10N2.C12H17F2NO2.C5H9NO/c1-2-13-8-7-12(10-16-13)14-6-4-3-5-11(14)9-15;1-6-4-9-7(2)17-10(16)11(9,8(3)15)5-12(6,13)14;6-5(7)4-2-1-3-4/h2-8,10H,1H2;6-7,9,15H,4-5H2,1-3H3;4H,1-3H2,(H2,6,7). The number of esters is 1. The van der Waals surface area contributed by atoms with Gasteiger partial charge in [0.1, 0.15) is 11.5 Å². The molecule has 0 radical (unpaired) electrons. The highest BCUT2D eigenvalue weighted by molar-refractivity contribution is 6.06. The third kappa shape index (κ3) is 6.27. The topological polar surface area (TPSA) is 130 Å². The second-order valence-electron chi connectivity index (χ2n) is 10.8. The predicted molar refractivity (Wildman–Crippen MR) is 149 cm³/mol. The zero-order chi connectivity index (χ0) is 29.7. The van der Waals surface area contributed by atoms with Crippen molar-refractivity contribution in [3.63, 3.8) is 0 Å². The quantitative estimate of drug-likeness (QED) is 0.347. The fourth-order valence-corrected chi connectivity index (χ4v) is 5.38. The lowest BCUT2D eigenvalue weighted by Crippen LogP contribution is -2.52. The number of nitriles is 1. The molecular weight excluding hydrogens is 514 g/mol. The summed E-state index contributed by atoms with van der Waals surface area (Å²) < 4.78 is 32.8. The Balaban J connectivity index is 0.000000179. The highest BCUT2D eigenvalue weighted by Crippen LogP contribution is 2.56. The second-order valence-corrected chi connectivity index (χ2v) is 10.8. The summed E-state index contributed by atoms with van der Waals surface area (Å²) in [4.78, 5) is 26.3. The number of rotatable bonds is 4. The number of carbonyl (C=O) groups excluding carboxylic acids is 2. The first-order chi connectivity index (χ1) is 18.9. The Bertz CT molecular complexity index is 1300. The minimum atomic E-state index is -2.90. The highest BCUT2D eigenvalue weighted by atomic mass is 19.3. The van der Waals surface area contributed by atoms with Gasteiger partial charge in [0.2, 0.25) is 5.91 Å². The van der Waals surface area contributed by atoms with E-state index in [9.17, 15) is 18.4 Å². The van der Waals surface area contributed by atoms with Crippen molar-refractivity contribution in [3.05, 3.63) is 60.4 Å². The van der Waals surface area contributed by atoms with E-state index in [0.29, 0.717) is 5.56 Å². The Morgan fingerprint density at radius 3 is 2.40 bits per heavy atom. The molecule has 1 saturated heterocycles. The summed E-state index contributed by atoms with van der Waals surface area (Å²) in [6, 6.07) is 13.5. The number of nitrogens with zero attached hydrogens (tertiary/aromatic N) is 2. The zero-order valence-corrected chi connectivity index (χ0v) is 23.1. The molecule has 5 rings (SSSR count). The number of hydrogen-bond donors (Lipinski definition) is 2. The van der Waals surface area contributed by atoms with Crippen LogP contribution in [0.15, 0.2) is 49.2 Å². The van der Waals surface area contributed by atoms with Crippen LogP contribution >= 0.6 is 0 Å². The van der Waals surface area contributed by atoms with Gasteiger partial charge in [-0.15, -0.1) is 0 Å². The Labute approximate surface area is 233 Å². The van der Waals surface area contributed by atoms with Crippen molar-refractivity contribution >= 4 is 23.7 Å². The number of carbonyl (C=O) groups is 2. The molecule has 2 saturated carbocycles. The summed E-state index contributed by atoms with van der Waals surface area (Å²) >= 11 is 0. The molecule has 2 heterocycles. The summed E-state index contributed by atoms with van der Waals surface area (Å²) in [7, 11) is 0. The van der Waals surface area contributed by atoms with Crippen molar-refractivity contribution in [2.75, 3.05) is 0 Å². The fraction of sp³-hybridized carbons (Fsp3) is 0.452. The van der Waals surface area contributed by atoms with Crippen molar-refractivity contribution in [2.24, 2.45) is 28.9 Å². The van der Waals surface area contributed by atoms with Crippen molar-refractivity contribution in [3.8, 4) is 17.2 Å². The lowest BCUT2D eigenvalue weighted by Gasteiger charge is -2.43. The molecule has 1 aromatic carbocycles. The van der Waals surface area contributed by atoms with Crippen LogP contribution in [0.1, 0.15) is 64.1 Å². The number of pyridine rings is 1. The van der Waals surface area contributed by atoms with E-state index in [2.05, 4.69) is 17.6 Å². The molecule has 212 valence electrons. The fourth-order valence-electron chi connectivity index (χ4n) is 5.38. The van der Waals surface area contributed by atoms with E-state index in [-0.39, 0.29) is 36.0 Å². The molecule has 9 heteroatoms. The number of alkyl halides is 2. The lowest BCUT2D eigenvalue weighted by atomic mass is 9.60. The Kier molecular flexibility index (Phi) is 9.56. The van der Waals surface area contributed by atoms with Crippen LogP contribution in [-0.2, 0) is 14.3 Å². The van der Waals surface area contributed by atoms with Gasteiger partial charge in [-0.2, -0.15) is 5.26 Å². The molecule has 1 aromatic heterocycles. The van der Waals surface area contributed by atoms with Crippen molar-refractivity contribution in [1.29, 1.82) is 10.7 Å². The highest BCUT2D eigenvalue weighted by Gasteiger charge is 2.65. The number of primary amides is 1. The summed E-state index contributed by atoms with van der Waals surface area (Å²) in [5, 5.41) is 16.7. The van der Waals surface area contributed by atoms with Gasteiger partial charge in [0.15, 0.2) is 0 Å². The number of amides is 1. The number of hydrogen-bond acceptors (Lipinski definition) is 6. The predicted octanol–water partition coefficient (Wildman–Crippen LogP) is 6.17. The first-order valence-electron chi connectivity index (χ1n) is 13.4. The summed E-state index contributed by atoms with van der Waals surface area (Å²) in [5.74, 6) is -4.50. The maximum Gasteiger partial charge on any atom is 0.318 e. The first kappa shape index (κ1) is 30.6. The maximum absolute atomic E-state index is 13.8. The van der Waals surface area contributed by atoms with E-state index in [1.54, 1.807) is 25.3 Å². The Morgan fingerprint density at radius 1 is 1.25 bits per heavy atom. The van der Waals surface area contributed by atoms with Crippen LogP contribution in [-0.4, -0.2) is 34.6 Å². The monoisotopic (exact) mass is 550 g/mol. The number of halogens is 2. The van der Waals surface area contributed by atoms with Crippen LogP contribution in [0.3, 0.4) is 0 Å². The maximum atomic E-state index is 13.8. The summed E-state index contributed by atoms with van der Waals surface area (Å²) in [6.07, 6.45) is 5.97. The molecule has 1 aliphatic heterocycles. The third-order valence-corrected chi connectivity index (χ3v) is 8.23. The van der Waals surface area contributed by atoms with Crippen LogP contribution in [0, 0.1) is 39.9 Å². The SMILES string of the molecule is C=Cc1ccc(-c2ccccc2C#N)cn1.CC(=N)C12CC(F)(F)C(C)CC1C(C)OC2=O.NC(=O)C1CCC1. The van der Waals surface area contributed by atoms with Crippen LogP contribution in [0.4, 0.5) is 8.78 Å². The zero-order valence-electron chi connectivity index (χ0n) is 23.1. The molecule has 3 N–H and O–H groups in total. The van der Waals surface area contributed by atoms with Crippen molar-refractivity contribution < 1.29 is 23.1 Å². The molecule has 3 fully saturated rings. The molecule has 0 spiro atoms. The molecule has 2 aromatic rings. The molecule has 1 amide bonds. The molecule has 4 unspecified atom stereocenters. The van der Waals surface area contributed by atoms with Crippen molar-refractivity contribution in [2.45, 2.75) is 64.9 Å². The number of aromatic nitrogens is 1. The first-order valence-corrected chi connectivity index (χ1v) is 13.4. The number of cyclic esters (lactones) is 1. The average molecular weight is 551 g/mol. The molecule has 2 aliphatic carbocycles. The van der Waals surface area contributed by atoms with Crippen molar-refractivity contribution in [1.82, 2.24) is 4.98 Å². The van der Waals surface area contributed by atoms with Gasteiger partial charge >= 0.3 is 5.97 Å². The van der Waals surface area contributed by atoms with Gasteiger partial charge < -0.3 is 15.9 Å². The number of nitrogens with two attached hydrogens (primary N) is 1. The number of fused-ring (bicyclic) bond motifs is 1. The summed E-state index contributed by atoms with van der Waals surface area (Å²) in [5.41, 5.74) is 6.92. The van der Waals surface area contributed by atoms with E-state index in [1.807, 2.05) is 30.3 Å². The van der Waals surface area contributed by atoms with Crippen LogP contribution < -0.4 is 5.73 Å². The van der Waals surface area contributed by atoms with E-state index in [0.717, 1.165) is 29.7 Å². The van der Waals surface area contributed by atoms with Crippen LogP contribution in [0.2, 0.25) is 0 Å². The minimum Gasteiger partial charge on any atom is -0.462 e.